The molecular formula is C19H23NO. The molecule has 0 spiro atoms. The standard InChI is InChI=1S/C19H23NO/c21-19(17-11-5-2-6-12-17)18-13-7-8-14-20(18)15-16-9-3-1-4-10-16/h1-6,9-12,18-19,21H,7-8,13-15H2/t18-,19?/m1/s1. The van der Waals surface area contributed by atoms with Crippen LogP contribution in [-0.4, -0.2) is 22.6 Å². The van der Waals surface area contributed by atoms with Crippen molar-refractivity contribution >= 4 is 0 Å². The molecule has 0 radical (unpaired) electrons. The lowest BCUT2D eigenvalue weighted by molar-refractivity contribution is 0.0202. The van der Waals surface area contributed by atoms with Gasteiger partial charge in [0.05, 0.1) is 6.10 Å². The third-order valence-electron chi connectivity index (χ3n) is 4.40. The van der Waals surface area contributed by atoms with E-state index in [2.05, 4.69) is 35.2 Å². The van der Waals surface area contributed by atoms with Gasteiger partial charge >= 0.3 is 0 Å². The van der Waals surface area contributed by atoms with E-state index in [0.717, 1.165) is 25.1 Å². The molecular weight excluding hydrogens is 258 g/mol. The maximum Gasteiger partial charge on any atom is 0.0945 e. The summed E-state index contributed by atoms with van der Waals surface area (Å²) < 4.78 is 0. The number of benzene rings is 2. The minimum absolute atomic E-state index is 0.223. The number of likely N-dealkylation sites (tertiary alicyclic amines) is 1. The average Bonchev–Trinajstić information content (AvgIpc) is 2.56. The maximum atomic E-state index is 10.8. The molecule has 1 aliphatic heterocycles. The van der Waals surface area contributed by atoms with E-state index >= 15 is 0 Å². The molecule has 2 atom stereocenters. The van der Waals surface area contributed by atoms with Crippen molar-refractivity contribution in [3.8, 4) is 0 Å². The summed E-state index contributed by atoms with van der Waals surface area (Å²) >= 11 is 0. The van der Waals surface area contributed by atoms with E-state index in [1.54, 1.807) is 0 Å². The Balaban J connectivity index is 1.75. The Morgan fingerprint density at radius 2 is 1.62 bits per heavy atom. The Morgan fingerprint density at radius 1 is 0.952 bits per heavy atom. The predicted octanol–water partition coefficient (Wildman–Crippen LogP) is 3.77. The second-order valence-electron chi connectivity index (χ2n) is 5.87. The molecule has 2 aromatic carbocycles. The highest BCUT2D eigenvalue weighted by atomic mass is 16.3. The van der Waals surface area contributed by atoms with Crippen LogP contribution < -0.4 is 0 Å². The normalized spacial score (nSPS) is 21.1. The Morgan fingerprint density at radius 3 is 2.33 bits per heavy atom. The average molecular weight is 281 g/mol. The zero-order valence-electron chi connectivity index (χ0n) is 12.4. The van der Waals surface area contributed by atoms with Gasteiger partial charge in [0.2, 0.25) is 0 Å². The van der Waals surface area contributed by atoms with Crippen LogP contribution in [-0.2, 0) is 6.54 Å². The van der Waals surface area contributed by atoms with E-state index < -0.39 is 6.10 Å². The van der Waals surface area contributed by atoms with Crippen LogP contribution >= 0.6 is 0 Å². The van der Waals surface area contributed by atoms with E-state index in [0.29, 0.717) is 0 Å². The number of aliphatic hydroxyl groups is 1. The highest BCUT2D eigenvalue weighted by molar-refractivity contribution is 5.20. The smallest absolute Gasteiger partial charge is 0.0945 e. The third-order valence-corrected chi connectivity index (χ3v) is 4.40. The second kappa shape index (κ2) is 6.88. The molecule has 110 valence electrons. The molecule has 0 amide bonds. The molecule has 1 fully saturated rings. The van der Waals surface area contributed by atoms with Gasteiger partial charge in [-0.1, -0.05) is 67.1 Å². The van der Waals surface area contributed by atoms with Gasteiger partial charge < -0.3 is 5.11 Å². The number of nitrogens with zero attached hydrogens (tertiary/aromatic N) is 1. The molecule has 0 aromatic heterocycles. The molecule has 3 rings (SSSR count). The topological polar surface area (TPSA) is 23.5 Å². The monoisotopic (exact) mass is 281 g/mol. The fourth-order valence-electron chi connectivity index (χ4n) is 3.26. The fourth-order valence-corrected chi connectivity index (χ4v) is 3.26. The molecule has 21 heavy (non-hydrogen) atoms. The summed E-state index contributed by atoms with van der Waals surface area (Å²) in [6.07, 6.45) is 3.11. The lowest BCUT2D eigenvalue weighted by atomic mass is 9.92. The summed E-state index contributed by atoms with van der Waals surface area (Å²) in [4.78, 5) is 2.44. The van der Waals surface area contributed by atoms with Gasteiger partial charge in [-0.05, 0) is 30.5 Å². The van der Waals surface area contributed by atoms with Crippen LogP contribution in [0.1, 0.15) is 36.5 Å². The van der Waals surface area contributed by atoms with Gasteiger partial charge in [0, 0.05) is 12.6 Å². The molecule has 2 aromatic rings. The molecule has 1 aliphatic rings. The highest BCUT2D eigenvalue weighted by Crippen LogP contribution is 2.29. The van der Waals surface area contributed by atoms with E-state index in [-0.39, 0.29) is 6.04 Å². The van der Waals surface area contributed by atoms with Gasteiger partial charge in [-0.3, -0.25) is 4.90 Å². The number of hydrogen-bond donors (Lipinski definition) is 1. The first-order valence-corrected chi connectivity index (χ1v) is 7.85. The van der Waals surface area contributed by atoms with Crippen LogP contribution in [0.4, 0.5) is 0 Å². The van der Waals surface area contributed by atoms with Crippen LogP contribution in [0.5, 0.6) is 0 Å². The van der Waals surface area contributed by atoms with Crippen molar-refractivity contribution in [3.63, 3.8) is 0 Å². The SMILES string of the molecule is OC(c1ccccc1)[C@H]1CCCCN1Cc1ccccc1. The summed E-state index contributed by atoms with van der Waals surface area (Å²) in [5, 5.41) is 10.8. The van der Waals surface area contributed by atoms with Crippen molar-refractivity contribution in [2.45, 2.75) is 38.0 Å². The quantitative estimate of drug-likeness (QED) is 0.922. The van der Waals surface area contributed by atoms with Crippen molar-refractivity contribution in [3.05, 3.63) is 71.8 Å². The number of rotatable bonds is 4. The first-order chi connectivity index (χ1) is 10.3. The molecule has 0 aliphatic carbocycles. The van der Waals surface area contributed by atoms with E-state index in [9.17, 15) is 5.11 Å². The second-order valence-corrected chi connectivity index (χ2v) is 5.87. The number of aliphatic hydroxyl groups excluding tert-OH is 1. The molecule has 0 saturated carbocycles. The largest absolute Gasteiger partial charge is 0.387 e. The Labute approximate surface area is 127 Å². The number of piperidine rings is 1. The summed E-state index contributed by atoms with van der Waals surface area (Å²) in [5.74, 6) is 0. The Hall–Kier alpha value is -1.64. The molecule has 1 unspecified atom stereocenters. The van der Waals surface area contributed by atoms with Crippen LogP contribution in [0.15, 0.2) is 60.7 Å². The van der Waals surface area contributed by atoms with Crippen molar-refractivity contribution < 1.29 is 5.11 Å². The summed E-state index contributed by atoms with van der Waals surface area (Å²) in [7, 11) is 0. The molecule has 0 bridgehead atoms. The van der Waals surface area contributed by atoms with E-state index in [1.807, 2.05) is 30.3 Å². The van der Waals surface area contributed by atoms with Crippen LogP contribution in [0.3, 0.4) is 0 Å². The molecule has 1 heterocycles. The lowest BCUT2D eigenvalue weighted by Crippen LogP contribution is -2.42. The minimum atomic E-state index is -0.393. The molecule has 1 N–H and O–H groups in total. The van der Waals surface area contributed by atoms with Gasteiger partial charge in [0.15, 0.2) is 0 Å². The molecule has 2 heteroatoms. The van der Waals surface area contributed by atoms with Gasteiger partial charge in [-0.2, -0.15) is 0 Å². The fraction of sp³-hybridized carbons (Fsp3) is 0.368. The highest BCUT2D eigenvalue weighted by Gasteiger charge is 2.29. The van der Waals surface area contributed by atoms with Gasteiger partial charge in [0.25, 0.3) is 0 Å². The van der Waals surface area contributed by atoms with E-state index in [4.69, 9.17) is 0 Å². The first-order valence-electron chi connectivity index (χ1n) is 7.85. The van der Waals surface area contributed by atoms with E-state index in [1.165, 1.54) is 18.4 Å². The molecule has 2 nitrogen and oxygen atoms in total. The number of hydrogen-bond acceptors (Lipinski definition) is 2. The first kappa shape index (κ1) is 14.3. The van der Waals surface area contributed by atoms with Gasteiger partial charge in [0.1, 0.15) is 0 Å². The maximum absolute atomic E-state index is 10.8. The Kier molecular flexibility index (Phi) is 4.69. The predicted molar refractivity (Wildman–Crippen MR) is 85.9 cm³/mol. The van der Waals surface area contributed by atoms with Crippen molar-refractivity contribution in [2.24, 2.45) is 0 Å². The van der Waals surface area contributed by atoms with Crippen LogP contribution in [0.25, 0.3) is 0 Å². The molecule has 1 saturated heterocycles. The Bertz CT molecular complexity index is 540. The summed E-state index contributed by atoms with van der Waals surface area (Å²) in [6, 6.07) is 20.8. The van der Waals surface area contributed by atoms with Crippen molar-refractivity contribution in [2.75, 3.05) is 6.54 Å². The van der Waals surface area contributed by atoms with Crippen molar-refractivity contribution in [1.29, 1.82) is 0 Å². The van der Waals surface area contributed by atoms with Crippen LogP contribution in [0.2, 0.25) is 0 Å². The third kappa shape index (κ3) is 3.52. The lowest BCUT2D eigenvalue weighted by Gasteiger charge is -2.38. The zero-order valence-corrected chi connectivity index (χ0v) is 12.4. The van der Waals surface area contributed by atoms with Gasteiger partial charge in [-0.15, -0.1) is 0 Å². The van der Waals surface area contributed by atoms with Crippen molar-refractivity contribution in [1.82, 2.24) is 4.90 Å². The summed E-state index contributed by atoms with van der Waals surface area (Å²) in [5.41, 5.74) is 2.35. The zero-order chi connectivity index (χ0) is 14.5. The van der Waals surface area contributed by atoms with Crippen LogP contribution in [0, 0.1) is 0 Å². The minimum Gasteiger partial charge on any atom is -0.387 e. The van der Waals surface area contributed by atoms with Gasteiger partial charge in [-0.25, -0.2) is 0 Å². The summed E-state index contributed by atoms with van der Waals surface area (Å²) in [6.45, 7) is 2.00.